The van der Waals surface area contributed by atoms with Gasteiger partial charge in [-0.15, -0.1) is 11.3 Å². The van der Waals surface area contributed by atoms with Crippen molar-refractivity contribution in [3.8, 4) is 28.8 Å². The van der Waals surface area contributed by atoms with Gasteiger partial charge in [0.05, 0.1) is 11.3 Å². The molecule has 2 aromatic carbocycles. The molecular weight excluding hydrogens is 400 g/mol. The summed E-state index contributed by atoms with van der Waals surface area (Å²) in [4.78, 5) is 4.61. The molecule has 0 radical (unpaired) electrons. The maximum atomic E-state index is 9.54. The number of rotatable bonds is 3. The second-order valence-electron chi connectivity index (χ2n) is 5.33. The van der Waals surface area contributed by atoms with Crippen LogP contribution >= 0.6 is 27.3 Å². The molecule has 122 valence electrons. The Kier molecular flexibility index (Phi) is 4.26. The van der Waals surface area contributed by atoms with Gasteiger partial charge in [0, 0.05) is 15.4 Å². The fourth-order valence-electron chi connectivity index (χ4n) is 2.49. The van der Waals surface area contributed by atoms with Crippen LogP contribution in [0.5, 0.6) is 11.5 Å². The number of hydrogen-bond donors (Lipinski definition) is 0. The molecule has 3 aromatic rings. The second-order valence-corrected chi connectivity index (χ2v) is 7.10. The average molecular weight is 411 g/mol. The standard InChI is InChI=1S/C19H11BrN2O2S/c20-15-3-1-2-13(8-15)16-10-25-19(22-16)14(9-21)6-12-4-5-17-18(7-12)24-11-23-17/h1-8,10H,11H2. The molecule has 6 heteroatoms. The van der Waals surface area contributed by atoms with Crippen molar-refractivity contribution in [3.05, 3.63) is 62.9 Å². The Morgan fingerprint density at radius 2 is 2.08 bits per heavy atom. The highest BCUT2D eigenvalue weighted by molar-refractivity contribution is 9.10. The summed E-state index contributed by atoms with van der Waals surface area (Å²) >= 11 is 4.92. The number of fused-ring (bicyclic) bond motifs is 1. The van der Waals surface area contributed by atoms with E-state index in [1.807, 2.05) is 53.9 Å². The van der Waals surface area contributed by atoms with Gasteiger partial charge in [-0.3, -0.25) is 0 Å². The SMILES string of the molecule is N#CC(=Cc1ccc2c(c1)OCO2)c1nc(-c2cccc(Br)c2)cs1. The number of nitrogens with zero attached hydrogens (tertiary/aromatic N) is 2. The van der Waals surface area contributed by atoms with Crippen LogP contribution in [0.25, 0.3) is 22.9 Å². The smallest absolute Gasteiger partial charge is 0.231 e. The number of thiazole rings is 1. The molecule has 0 fully saturated rings. The third-order valence-electron chi connectivity index (χ3n) is 3.68. The van der Waals surface area contributed by atoms with E-state index in [2.05, 4.69) is 27.0 Å². The summed E-state index contributed by atoms with van der Waals surface area (Å²) in [6.45, 7) is 0.232. The molecule has 0 N–H and O–H groups in total. The quantitative estimate of drug-likeness (QED) is 0.544. The fourth-order valence-corrected chi connectivity index (χ4v) is 3.68. The minimum absolute atomic E-state index is 0.232. The van der Waals surface area contributed by atoms with E-state index in [1.54, 1.807) is 0 Å². The molecule has 4 rings (SSSR count). The first-order valence-corrected chi connectivity index (χ1v) is 9.13. The molecule has 0 amide bonds. The number of nitriles is 1. The molecule has 0 bridgehead atoms. The topological polar surface area (TPSA) is 55.1 Å². The van der Waals surface area contributed by atoms with Gasteiger partial charge in [-0.25, -0.2) is 4.98 Å². The number of halogens is 1. The van der Waals surface area contributed by atoms with Crippen molar-refractivity contribution in [2.24, 2.45) is 0 Å². The number of hydrogen-bond acceptors (Lipinski definition) is 5. The number of ether oxygens (including phenoxy) is 2. The van der Waals surface area contributed by atoms with Crippen molar-refractivity contribution in [1.82, 2.24) is 4.98 Å². The van der Waals surface area contributed by atoms with Crippen LogP contribution in [-0.4, -0.2) is 11.8 Å². The predicted octanol–water partition coefficient (Wildman–Crippen LogP) is 5.37. The third kappa shape index (κ3) is 3.29. The Morgan fingerprint density at radius 3 is 2.92 bits per heavy atom. The third-order valence-corrected chi connectivity index (χ3v) is 5.05. The number of benzene rings is 2. The van der Waals surface area contributed by atoms with E-state index >= 15 is 0 Å². The van der Waals surface area contributed by atoms with Gasteiger partial charge in [-0.05, 0) is 35.9 Å². The summed E-state index contributed by atoms with van der Waals surface area (Å²) in [6.07, 6.45) is 1.81. The van der Waals surface area contributed by atoms with E-state index < -0.39 is 0 Å². The number of allylic oxidation sites excluding steroid dienone is 1. The summed E-state index contributed by atoms with van der Waals surface area (Å²) in [5.41, 5.74) is 3.26. The highest BCUT2D eigenvalue weighted by atomic mass is 79.9. The fraction of sp³-hybridized carbons (Fsp3) is 0.0526. The van der Waals surface area contributed by atoms with Crippen LogP contribution in [0, 0.1) is 11.3 Å². The van der Waals surface area contributed by atoms with Gasteiger partial charge >= 0.3 is 0 Å². The van der Waals surface area contributed by atoms with Gasteiger partial charge < -0.3 is 9.47 Å². The summed E-state index contributed by atoms with van der Waals surface area (Å²) in [6, 6.07) is 15.8. The monoisotopic (exact) mass is 410 g/mol. The molecule has 25 heavy (non-hydrogen) atoms. The van der Waals surface area contributed by atoms with Crippen molar-refractivity contribution in [2.75, 3.05) is 6.79 Å². The average Bonchev–Trinajstić information content (AvgIpc) is 3.28. The van der Waals surface area contributed by atoms with Gasteiger partial charge in [0.2, 0.25) is 6.79 Å². The first kappa shape index (κ1) is 15.9. The maximum absolute atomic E-state index is 9.54. The lowest BCUT2D eigenvalue weighted by atomic mass is 10.1. The minimum atomic E-state index is 0.232. The van der Waals surface area contributed by atoms with Gasteiger partial charge in [0.25, 0.3) is 0 Å². The van der Waals surface area contributed by atoms with Gasteiger partial charge in [-0.2, -0.15) is 5.26 Å². The van der Waals surface area contributed by atoms with E-state index in [4.69, 9.17) is 9.47 Å². The lowest BCUT2D eigenvalue weighted by Crippen LogP contribution is -1.92. The van der Waals surface area contributed by atoms with E-state index in [1.165, 1.54) is 11.3 Å². The first-order valence-electron chi connectivity index (χ1n) is 7.46. The Hall–Kier alpha value is -2.62. The molecular formula is C19H11BrN2O2S. The molecule has 0 aliphatic carbocycles. The minimum Gasteiger partial charge on any atom is -0.454 e. The molecule has 0 atom stereocenters. The van der Waals surface area contributed by atoms with Crippen molar-refractivity contribution in [1.29, 1.82) is 5.26 Å². The molecule has 1 aromatic heterocycles. The van der Waals surface area contributed by atoms with Gasteiger partial charge in [0.15, 0.2) is 11.5 Å². The summed E-state index contributed by atoms with van der Waals surface area (Å²) in [5, 5.41) is 12.2. The zero-order valence-corrected chi connectivity index (χ0v) is 15.3. The van der Waals surface area contributed by atoms with Crippen LogP contribution < -0.4 is 9.47 Å². The molecule has 4 nitrogen and oxygen atoms in total. The summed E-state index contributed by atoms with van der Waals surface area (Å²) < 4.78 is 11.7. The van der Waals surface area contributed by atoms with Crippen molar-refractivity contribution < 1.29 is 9.47 Å². The van der Waals surface area contributed by atoms with Crippen LogP contribution in [0.2, 0.25) is 0 Å². The predicted molar refractivity (Wildman–Crippen MR) is 101 cm³/mol. The van der Waals surface area contributed by atoms with Gasteiger partial charge in [-0.1, -0.05) is 34.1 Å². The molecule has 2 heterocycles. The van der Waals surface area contributed by atoms with Crippen molar-refractivity contribution in [2.45, 2.75) is 0 Å². The van der Waals surface area contributed by atoms with Crippen LogP contribution in [0.15, 0.2) is 52.3 Å². The number of aromatic nitrogens is 1. The zero-order valence-electron chi connectivity index (χ0n) is 12.9. The Morgan fingerprint density at radius 1 is 1.20 bits per heavy atom. The molecule has 0 saturated heterocycles. The van der Waals surface area contributed by atoms with Crippen molar-refractivity contribution >= 4 is 38.9 Å². The molecule has 0 saturated carbocycles. The van der Waals surface area contributed by atoms with E-state index in [9.17, 15) is 5.26 Å². The largest absolute Gasteiger partial charge is 0.454 e. The maximum Gasteiger partial charge on any atom is 0.231 e. The Balaban J connectivity index is 1.67. The van der Waals surface area contributed by atoms with E-state index in [0.29, 0.717) is 16.3 Å². The van der Waals surface area contributed by atoms with Crippen molar-refractivity contribution in [3.63, 3.8) is 0 Å². The molecule has 1 aliphatic rings. The van der Waals surface area contributed by atoms with Crippen LogP contribution in [0.4, 0.5) is 0 Å². The van der Waals surface area contributed by atoms with E-state index in [-0.39, 0.29) is 6.79 Å². The molecule has 1 aliphatic heterocycles. The van der Waals surface area contributed by atoms with Crippen LogP contribution in [0.1, 0.15) is 10.6 Å². The summed E-state index contributed by atoms with van der Waals surface area (Å²) in [5.74, 6) is 1.42. The molecule has 0 unspecified atom stereocenters. The second kappa shape index (κ2) is 6.71. The highest BCUT2D eigenvalue weighted by Gasteiger charge is 2.14. The van der Waals surface area contributed by atoms with Crippen LogP contribution in [0.3, 0.4) is 0 Å². The normalized spacial score (nSPS) is 12.9. The lowest BCUT2D eigenvalue weighted by molar-refractivity contribution is 0.174. The van der Waals surface area contributed by atoms with Crippen LogP contribution in [-0.2, 0) is 0 Å². The lowest BCUT2D eigenvalue weighted by Gasteiger charge is -1.99. The Bertz CT molecular complexity index is 1020. The zero-order chi connectivity index (χ0) is 17.2. The Labute approximate surface area is 157 Å². The molecule has 0 spiro atoms. The summed E-state index contributed by atoms with van der Waals surface area (Å²) in [7, 11) is 0. The highest BCUT2D eigenvalue weighted by Crippen LogP contribution is 2.34. The first-order chi connectivity index (χ1) is 12.2. The van der Waals surface area contributed by atoms with Gasteiger partial charge in [0.1, 0.15) is 11.1 Å². The van der Waals surface area contributed by atoms with E-state index in [0.717, 1.165) is 27.0 Å².